The highest BCUT2D eigenvalue weighted by molar-refractivity contribution is 7.90. The number of carboxylic acids is 1. The van der Waals surface area contributed by atoms with Gasteiger partial charge in [0, 0.05) is 35.3 Å². The number of carbonyl (C=O) groups is 2. The zero-order valence-corrected chi connectivity index (χ0v) is 19.1. The Morgan fingerprint density at radius 2 is 1.83 bits per heavy atom. The molecule has 0 saturated carbocycles. The average Bonchev–Trinajstić information content (AvgIpc) is 2.80. The van der Waals surface area contributed by atoms with Crippen LogP contribution in [0.5, 0.6) is 5.88 Å². The van der Waals surface area contributed by atoms with Gasteiger partial charge >= 0.3 is 12.1 Å². The number of methoxy groups -OCH3 is 1. The summed E-state index contributed by atoms with van der Waals surface area (Å²) in [7, 11) is -2.79. The summed E-state index contributed by atoms with van der Waals surface area (Å²) in [5, 5.41) is 9.44. The molecule has 2 aromatic heterocycles. The third-order valence-electron chi connectivity index (χ3n) is 4.79. The summed E-state index contributed by atoms with van der Waals surface area (Å²) in [4.78, 5) is 32.9. The molecule has 1 N–H and O–H groups in total. The summed E-state index contributed by atoms with van der Waals surface area (Å²) in [6, 6.07) is 6.24. The van der Waals surface area contributed by atoms with Gasteiger partial charge in [0.15, 0.2) is 9.84 Å². The molecule has 0 saturated heterocycles. The van der Waals surface area contributed by atoms with Gasteiger partial charge in [-0.1, -0.05) is 0 Å². The minimum Gasteiger partial charge on any atom is -0.481 e. The van der Waals surface area contributed by atoms with Crippen molar-refractivity contribution in [2.24, 2.45) is 0 Å². The van der Waals surface area contributed by atoms with Crippen LogP contribution in [0, 0.1) is 0 Å². The molecule has 0 radical (unpaired) electrons. The van der Waals surface area contributed by atoms with Crippen LogP contribution in [0.25, 0.3) is 11.1 Å². The van der Waals surface area contributed by atoms with E-state index in [2.05, 4.69) is 9.97 Å². The summed E-state index contributed by atoms with van der Waals surface area (Å²) < 4.78 is 69.6. The van der Waals surface area contributed by atoms with Gasteiger partial charge in [-0.25, -0.2) is 13.4 Å². The van der Waals surface area contributed by atoms with Gasteiger partial charge in [0.1, 0.15) is 6.54 Å². The molecule has 3 aromatic rings. The lowest BCUT2D eigenvalue weighted by molar-refractivity contribution is -0.138. The van der Waals surface area contributed by atoms with Crippen LogP contribution < -0.4 is 9.64 Å². The topological polar surface area (TPSA) is 127 Å². The van der Waals surface area contributed by atoms with E-state index in [-0.39, 0.29) is 17.1 Å². The highest BCUT2D eigenvalue weighted by Crippen LogP contribution is 2.36. The summed E-state index contributed by atoms with van der Waals surface area (Å²) in [5.74, 6) is -2.51. The molecule has 9 nitrogen and oxygen atoms in total. The number of alkyl halides is 3. The number of pyridine rings is 2. The molecule has 0 aliphatic rings. The number of ether oxygens (including phenoxy) is 1. The number of carboxylic acid groups (broad SMARTS) is 1. The quantitative estimate of drug-likeness (QED) is 0.514. The molecule has 1 amide bonds. The smallest absolute Gasteiger partial charge is 0.416 e. The molecule has 0 spiro atoms. The normalized spacial score (nSPS) is 11.7. The van der Waals surface area contributed by atoms with Crippen molar-refractivity contribution < 1.29 is 41.0 Å². The number of aromatic nitrogens is 2. The Morgan fingerprint density at radius 3 is 2.43 bits per heavy atom. The molecule has 184 valence electrons. The molecule has 3 rings (SSSR count). The van der Waals surface area contributed by atoms with Crippen LogP contribution in [0.4, 0.5) is 18.9 Å². The highest BCUT2D eigenvalue weighted by atomic mass is 32.2. The molecule has 2 heterocycles. The minimum atomic E-state index is -4.96. The number of rotatable bonds is 7. The number of hydrogen-bond donors (Lipinski definition) is 1. The van der Waals surface area contributed by atoms with Crippen molar-refractivity contribution in [3.8, 4) is 17.0 Å². The van der Waals surface area contributed by atoms with Crippen molar-refractivity contribution in [2.45, 2.75) is 11.1 Å². The largest absolute Gasteiger partial charge is 0.481 e. The second kappa shape index (κ2) is 9.70. The first-order valence-electron chi connectivity index (χ1n) is 9.72. The van der Waals surface area contributed by atoms with Gasteiger partial charge in [-0.15, -0.1) is 0 Å². The van der Waals surface area contributed by atoms with E-state index in [1.807, 2.05) is 0 Å². The lowest BCUT2D eigenvalue weighted by atomic mass is 10.0. The van der Waals surface area contributed by atoms with Gasteiger partial charge < -0.3 is 9.84 Å². The fourth-order valence-corrected chi connectivity index (χ4v) is 3.93. The van der Waals surface area contributed by atoms with Gasteiger partial charge in [0.25, 0.3) is 5.91 Å². The van der Waals surface area contributed by atoms with Crippen LogP contribution in [0.1, 0.15) is 15.9 Å². The molecule has 0 fully saturated rings. The third kappa shape index (κ3) is 5.74. The van der Waals surface area contributed by atoms with Crippen LogP contribution in [0.15, 0.2) is 59.9 Å². The van der Waals surface area contributed by atoms with Crippen LogP contribution in [0.3, 0.4) is 0 Å². The maximum Gasteiger partial charge on any atom is 0.416 e. The third-order valence-corrected chi connectivity index (χ3v) is 5.89. The lowest BCUT2D eigenvalue weighted by Crippen LogP contribution is -2.36. The number of halogens is 3. The maximum absolute atomic E-state index is 13.5. The number of anilines is 1. The zero-order chi connectivity index (χ0) is 26.0. The van der Waals surface area contributed by atoms with Gasteiger partial charge in [-0.2, -0.15) is 13.2 Å². The number of sulfone groups is 1. The Balaban J connectivity index is 2.24. The number of nitrogens with zero attached hydrogens (tertiary/aromatic N) is 3. The first-order valence-corrected chi connectivity index (χ1v) is 11.6. The van der Waals surface area contributed by atoms with Crippen LogP contribution in [0.2, 0.25) is 0 Å². The Bertz CT molecular complexity index is 1390. The Hall–Kier alpha value is -4.00. The molecular weight excluding hydrogens is 491 g/mol. The molecule has 35 heavy (non-hydrogen) atoms. The maximum atomic E-state index is 13.5. The number of hydrogen-bond acceptors (Lipinski definition) is 7. The van der Waals surface area contributed by atoms with Gasteiger partial charge in [0.05, 0.1) is 29.5 Å². The van der Waals surface area contributed by atoms with Gasteiger partial charge in [-0.3, -0.25) is 19.5 Å². The van der Waals surface area contributed by atoms with E-state index in [9.17, 15) is 36.3 Å². The standard InChI is InChI=1S/C22H18F3N3O6S/c1-34-20-17(4-3-6-27-20)16-5-7-26-11-18(16)28(12-19(29)30)21(31)13-8-14(22(23,24)25)10-15(9-13)35(2,32)33/h3-11H,12H2,1-2H3,(H,29,30). The van der Waals surface area contributed by atoms with Crippen molar-refractivity contribution in [1.82, 2.24) is 9.97 Å². The van der Waals surface area contributed by atoms with Gasteiger partial charge in [-0.05, 0) is 36.4 Å². The fourth-order valence-electron chi connectivity index (χ4n) is 3.25. The van der Waals surface area contributed by atoms with E-state index in [1.54, 1.807) is 12.1 Å². The fraction of sp³-hybridized carbons (Fsp3) is 0.182. The Morgan fingerprint density at radius 1 is 1.11 bits per heavy atom. The predicted molar refractivity (Wildman–Crippen MR) is 118 cm³/mol. The van der Waals surface area contributed by atoms with Crippen molar-refractivity contribution in [2.75, 3.05) is 24.8 Å². The zero-order valence-electron chi connectivity index (χ0n) is 18.3. The SMILES string of the molecule is COc1ncccc1-c1ccncc1N(CC(=O)O)C(=O)c1cc(C(F)(F)F)cc(S(C)(=O)=O)c1. The number of benzene rings is 1. The summed E-state index contributed by atoms with van der Waals surface area (Å²) >= 11 is 0. The summed E-state index contributed by atoms with van der Waals surface area (Å²) in [6.07, 6.45) is -0.303. The molecule has 0 bridgehead atoms. The monoisotopic (exact) mass is 509 g/mol. The number of carbonyl (C=O) groups excluding carboxylic acids is 1. The molecule has 0 aliphatic heterocycles. The average molecular weight is 509 g/mol. The van der Waals surface area contributed by atoms with E-state index in [0.29, 0.717) is 28.9 Å². The predicted octanol–water partition coefficient (Wildman–Crippen LogP) is 3.31. The minimum absolute atomic E-state index is 0.0653. The second-order valence-corrected chi connectivity index (χ2v) is 9.27. The van der Waals surface area contributed by atoms with E-state index in [1.165, 1.54) is 25.6 Å². The van der Waals surface area contributed by atoms with Crippen LogP contribution in [-0.4, -0.2) is 55.3 Å². The van der Waals surface area contributed by atoms with Crippen LogP contribution >= 0.6 is 0 Å². The first-order chi connectivity index (χ1) is 16.3. The van der Waals surface area contributed by atoms with Crippen LogP contribution in [-0.2, 0) is 20.8 Å². The molecular formula is C22H18F3N3O6S. The summed E-state index contributed by atoms with van der Waals surface area (Å²) in [5.41, 5.74) is -1.50. The molecule has 0 aliphatic carbocycles. The van der Waals surface area contributed by atoms with E-state index in [0.717, 1.165) is 12.3 Å². The van der Waals surface area contributed by atoms with Gasteiger partial charge in [0.2, 0.25) is 5.88 Å². The van der Waals surface area contributed by atoms with Crippen molar-refractivity contribution in [3.05, 3.63) is 66.1 Å². The molecule has 0 atom stereocenters. The highest BCUT2D eigenvalue weighted by Gasteiger charge is 2.34. The Labute approximate surface area is 197 Å². The second-order valence-electron chi connectivity index (χ2n) is 7.25. The van der Waals surface area contributed by atoms with E-state index >= 15 is 0 Å². The number of amides is 1. The van der Waals surface area contributed by atoms with E-state index < -0.39 is 50.5 Å². The first kappa shape index (κ1) is 25.6. The molecule has 13 heteroatoms. The molecule has 0 unspecified atom stereocenters. The summed E-state index contributed by atoms with van der Waals surface area (Å²) in [6.45, 7) is -0.954. The Kier molecular flexibility index (Phi) is 7.10. The van der Waals surface area contributed by atoms with E-state index in [4.69, 9.17) is 4.74 Å². The van der Waals surface area contributed by atoms with Crippen molar-refractivity contribution in [3.63, 3.8) is 0 Å². The lowest BCUT2D eigenvalue weighted by Gasteiger charge is -2.24. The molecule has 1 aromatic carbocycles. The van der Waals surface area contributed by atoms with Crippen molar-refractivity contribution >= 4 is 27.4 Å². The number of aliphatic carboxylic acids is 1. The van der Waals surface area contributed by atoms with Crippen molar-refractivity contribution in [1.29, 1.82) is 0 Å².